The van der Waals surface area contributed by atoms with Crippen LogP contribution in [0.15, 0.2) is 53.4 Å². The summed E-state index contributed by atoms with van der Waals surface area (Å²) in [5.41, 5.74) is 1.36. The lowest BCUT2D eigenvalue weighted by molar-refractivity contribution is 0.145. The van der Waals surface area contributed by atoms with E-state index >= 15 is 0 Å². The van der Waals surface area contributed by atoms with Crippen LogP contribution in [-0.2, 0) is 16.7 Å². The van der Waals surface area contributed by atoms with Crippen molar-refractivity contribution in [1.29, 1.82) is 0 Å². The Morgan fingerprint density at radius 2 is 1.77 bits per heavy atom. The van der Waals surface area contributed by atoms with Gasteiger partial charge in [-0.05, 0) is 43.4 Å². The second kappa shape index (κ2) is 9.13. The fourth-order valence-electron chi connectivity index (χ4n) is 3.28. The smallest absolute Gasteiger partial charge is 0.243 e. The number of benzene rings is 2. The summed E-state index contributed by atoms with van der Waals surface area (Å²) >= 11 is 6.67. The van der Waals surface area contributed by atoms with Crippen molar-refractivity contribution in [2.75, 3.05) is 31.5 Å². The van der Waals surface area contributed by atoms with E-state index in [4.69, 9.17) is 12.2 Å². The third-order valence-corrected chi connectivity index (χ3v) is 8.18. The molecule has 0 amide bonds. The highest BCUT2D eigenvalue weighted by atomic mass is 32.2. The second-order valence-corrected chi connectivity index (χ2v) is 10.8. The van der Waals surface area contributed by atoms with E-state index in [2.05, 4.69) is 15.3 Å². The summed E-state index contributed by atoms with van der Waals surface area (Å²) in [4.78, 5) is 2.42. The number of rotatable bonds is 6. The van der Waals surface area contributed by atoms with Crippen molar-refractivity contribution >= 4 is 44.4 Å². The van der Waals surface area contributed by atoms with E-state index in [9.17, 15) is 12.8 Å². The van der Waals surface area contributed by atoms with Crippen LogP contribution in [0.5, 0.6) is 0 Å². The number of hydrogen-bond donors (Lipinski definition) is 1. The molecule has 164 valence electrons. The van der Waals surface area contributed by atoms with Crippen LogP contribution in [0.4, 0.5) is 15.2 Å². The molecule has 1 fully saturated rings. The Morgan fingerprint density at radius 1 is 1.10 bits per heavy atom. The first-order chi connectivity index (χ1) is 14.8. The van der Waals surface area contributed by atoms with Crippen molar-refractivity contribution < 1.29 is 12.8 Å². The van der Waals surface area contributed by atoms with Gasteiger partial charge >= 0.3 is 0 Å². The maximum absolute atomic E-state index is 13.9. The second-order valence-electron chi connectivity index (χ2n) is 7.25. The van der Waals surface area contributed by atoms with Gasteiger partial charge in [0.2, 0.25) is 15.2 Å². The molecule has 0 radical (unpaired) electrons. The minimum Gasteiger partial charge on any atom is -0.328 e. The van der Waals surface area contributed by atoms with Gasteiger partial charge in [0, 0.05) is 26.2 Å². The maximum atomic E-state index is 13.9. The Hall–Kier alpha value is -2.18. The first-order valence-corrected chi connectivity index (χ1v) is 12.4. The van der Waals surface area contributed by atoms with E-state index in [-0.39, 0.29) is 5.82 Å². The van der Waals surface area contributed by atoms with Gasteiger partial charge in [0.15, 0.2) is 3.95 Å². The number of nitrogens with one attached hydrogen (secondary N) is 1. The van der Waals surface area contributed by atoms with E-state index in [1.165, 1.54) is 21.7 Å². The number of nitrogens with zero attached hydrogens (tertiary/aromatic N) is 4. The molecule has 0 atom stereocenters. The molecule has 1 saturated heterocycles. The highest BCUT2D eigenvalue weighted by Gasteiger charge is 2.28. The van der Waals surface area contributed by atoms with E-state index in [1.807, 2.05) is 6.92 Å². The summed E-state index contributed by atoms with van der Waals surface area (Å²) in [6, 6.07) is 13.3. The molecule has 4 rings (SSSR count). The van der Waals surface area contributed by atoms with Crippen molar-refractivity contribution in [2.24, 2.45) is 0 Å². The molecule has 2 aromatic carbocycles. The van der Waals surface area contributed by atoms with E-state index in [0.717, 1.165) is 5.56 Å². The van der Waals surface area contributed by atoms with Crippen molar-refractivity contribution in [3.8, 4) is 0 Å². The normalized spacial score (nSPS) is 15.8. The molecule has 0 spiro atoms. The van der Waals surface area contributed by atoms with Crippen LogP contribution < -0.4 is 5.32 Å². The third-order valence-electron chi connectivity index (χ3n) is 5.05. The van der Waals surface area contributed by atoms with Gasteiger partial charge in [-0.2, -0.15) is 4.31 Å². The molecule has 1 aliphatic heterocycles. The predicted octanol–water partition coefficient (Wildman–Crippen LogP) is 3.83. The molecule has 11 heteroatoms. The first-order valence-electron chi connectivity index (χ1n) is 9.71. The van der Waals surface area contributed by atoms with Crippen molar-refractivity contribution in [1.82, 2.24) is 19.0 Å². The van der Waals surface area contributed by atoms with Gasteiger partial charge in [0.25, 0.3) is 0 Å². The van der Waals surface area contributed by atoms with E-state index in [0.29, 0.717) is 52.5 Å². The van der Waals surface area contributed by atoms with Crippen molar-refractivity contribution in [3.05, 3.63) is 63.9 Å². The molecule has 7 nitrogen and oxygen atoms in total. The van der Waals surface area contributed by atoms with Crippen LogP contribution in [0.25, 0.3) is 0 Å². The zero-order chi connectivity index (χ0) is 22.0. The quantitative estimate of drug-likeness (QED) is 0.542. The summed E-state index contributed by atoms with van der Waals surface area (Å²) in [5, 5.41) is 7.91. The number of sulfonamides is 1. The van der Waals surface area contributed by atoms with Crippen LogP contribution in [-0.4, -0.2) is 53.6 Å². The lowest BCUT2D eigenvalue weighted by Gasteiger charge is -2.33. The van der Waals surface area contributed by atoms with Gasteiger partial charge < -0.3 is 5.32 Å². The van der Waals surface area contributed by atoms with Gasteiger partial charge in [-0.1, -0.05) is 41.2 Å². The summed E-state index contributed by atoms with van der Waals surface area (Å²) < 4.78 is 43.3. The molecule has 0 bridgehead atoms. The first kappa shape index (κ1) is 22.0. The number of anilines is 2. The van der Waals surface area contributed by atoms with Crippen LogP contribution in [0.3, 0.4) is 0 Å². The minimum absolute atomic E-state index is 0.317. The predicted molar refractivity (Wildman–Crippen MR) is 122 cm³/mol. The highest BCUT2D eigenvalue weighted by Crippen LogP contribution is 2.23. The number of aryl methyl sites for hydroxylation is 1. The fraction of sp³-hybridized carbons (Fsp3) is 0.300. The molecule has 1 N–H and O–H groups in total. The maximum Gasteiger partial charge on any atom is 0.243 e. The standard InChI is InChI=1S/C20H22FN5O2S3/c1-15-6-8-16(9-7-15)31(27,28)25-12-10-24(11-13-25)14-26-20(29)30-19(23-26)22-18-5-3-2-4-17(18)21/h2-9H,10-14H2,1H3,(H,22,23). The summed E-state index contributed by atoms with van der Waals surface area (Å²) in [6.45, 7) is 4.31. The number of hydrogen-bond acceptors (Lipinski definition) is 7. The lowest BCUT2D eigenvalue weighted by atomic mass is 10.2. The minimum atomic E-state index is -3.50. The molecule has 1 aliphatic rings. The van der Waals surface area contributed by atoms with Gasteiger partial charge in [-0.25, -0.2) is 17.5 Å². The summed E-state index contributed by atoms with van der Waals surface area (Å²) in [7, 11) is -3.50. The largest absolute Gasteiger partial charge is 0.328 e. The van der Waals surface area contributed by atoms with Crippen molar-refractivity contribution in [2.45, 2.75) is 18.5 Å². The van der Waals surface area contributed by atoms with Crippen LogP contribution in [0.2, 0.25) is 0 Å². The SMILES string of the molecule is Cc1ccc(S(=O)(=O)N2CCN(Cn3nc(Nc4ccccc4F)sc3=S)CC2)cc1. The molecule has 3 aromatic rings. The van der Waals surface area contributed by atoms with E-state index < -0.39 is 10.0 Å². The van der Waals surface area contributed by atoms with E-state index in [1.54, 1.807) is 47.1 Å². The Kier molecular flexibility index (Phi) is 6.49. The molecule has 31 heavy (non-hydrogen) atoms. The topological polar surface area (TPSA) is 70.5 Å². The van der Waals surface area contributed by atoms with Crippen LogP contribution in [0.1, 0.15) is 5.56 Å². The Morgan fingerprint density at radius 3 is 2.45 bits per heavy atom. The monoisotopic (exact) mass is 479 g/mol. The average molecular weight is 480 g/mol. The Labute approximate surface area is 189 Å². The number of para-hydroxylation sites is 1. The molecule has 0 saturated carbocycles. The van der Waals surface area contributed by atoms with Crippen LogP contribution in [0, 0.1) is 16.7 Å². The Bertz CT molecular complexity index is 1220. The Balaban J connectivity index is 1.38. The van der Waals surface area contributed by atoms with Gasteiger partial charge in [-0.15, -0.1) is 5.10 Å². The number of aromatic nitrogens is 2. The average Bonchev–Trinajstić information content (AvgIpc) is 3.09. The third kappa shape index (κ3) is 5.01. The molecule has 1 aromatic heterocycles. The number of halogens is 1. The summed E-state index contributed by atoms with van der Waals surface area (Å²) in [5.74, 6) is -0.360. The van der Waals surface area contributed by atoms with Gasteiger partial charge in [-0.3, -0.25) is 4.90 Å². The summed E-state index contributed by atoms with van der Waals surface area (Å²) in [6.07, 6.45) is 0. The van der Waals surface area contributed by atoms with Crippen LogP contribution >= 0.6 is 23.6 Å². The molecular weight excluding hydrogens is 457 g/mol. The molecule has 0 aliphatic carbocycles. The zero-order valence-corrected chi connectivity index (χ0v) is 19.3. The highest BCUT2D eigenvalue weighted by molar-refractivity contribution is 7.89. The molecule has 0 unspecified atom stereocenters. The fourth-order valence-corrected chi connectivity index (χ4v) is 5.71. The van der Waals surface area contributed by atoms with Gasteiger partial charge in [0.05, 0.1) is 17.3 Å². The van der Waals surface area contributed by atoms with Crippen molar-refractivity contribution in [3.63, 3.8) is 0 Å². The molecular formula is C20H22FN5O2S3. The number of piperazine rings is 1. The lowest BCUT2D eigenvalue weighted by Crippen LogP contribution is -2.48. The zero-order valence-electron chi connectivity index (χ0n) is 16.9. The molecule has 2 heterocycles. The van der Waals surface area contributed by atoms with Gasteiger partial charge in [0.1, 0.15) is 5.82 Å².